The monoisotopic (exact) mass is 449 g/mol. The van der Waals surface area contributed by atoms with Gasteiger partial charge in [0.05, 0.1) is 4.92 Å². The van der Waals surface area contributed by atoms with Crippen LogP contribution in [0, 0.1) is 21.3 Å². The lowest BCUT2D eigenvalue weighted by Gasteiger charge is -2.39. The van der Waals surface area contributed by atoms with Gasteiger partial charge < -0.3 is 10.6 Å². The standard InChI is InChI=1S/C25H24FN3O4/c1-14-21(24(31)28-17-8-5-7-16(26)11-17)22(15-6-4-9-18(10-15)29(32)33)23-19(27-14)12-25(2,3)13-20(23)30/h4-11,22,27H,12-13H2,1-3H3,(H,28,31)/t22-/m1/s1. The molecule has 1 aliphatic carbocycles. The first kappa shape index (κ1) is 22.4. The van der Waals surface area contributed by atoms with E-state index in [0.717, 1.165) is 5.70 Å². The number of amides is 1. The zero-order chi connectivity index (χ0) is 23.9. The number of allylic oxidation sites excluding steroid dienone is 3. The molecule has 0 fully saturated rings. The maximum Gasteiger partial charge on any atom is 0.269 e. The Morgan fingerprint density at radius 1 is 1.18 bits per heavy atom. The fourth-order valence-corrected chi connectivity index (χ4v) is 4.65. The van der Waals surface area contributed by atoms with Gasteiger partial charge in [-0.15, -0.1) is 0 Å². The van der Waals surface area contributed by atoms with Gasteiger partial charge in [0.25, 0.3) is 11.6 Å². The Labute approximate surface area is 190 Å². The van der Waals surface area contributed by atoms with Crippen LogP contribution in [-0.4, -0.2) is 16.6 Å². The minimum absolute atomic E-state index is 0.103. The van der Waals surface area contributed by atoms with Crippen LogP contribution in [0.2, 0.25) is 0 Å². The molecule has 0 spiro atoms. The van der Waals surface area contributed by atoms with Gasteiger partial charge in [0.2, 0.25) is 0 Å². The second-order valence-corrected chi connectivity index (χ2v) is 9.25. The Morgan fingerprint density at radius 2 is 1.91 bits per heavy atom. The van der Waals surface area contributed by atoms with E-state index in [9.17, 15) is 24.1 Å². The first-order chi connectivity index (χ1) is 15.6. The van der Waals surface area contributed by atoms with Crippen molar-refractivity contribution in [1.29, 1.82) is 0 Å². The minimum Gasteiger partial charge on any atom is -0.362 e. The number of benzene rings is 2. The molecule has 7 nitrogen and oxygen atoms in total. The molecule has 33 heavy (non-hydrogen) atoms. The number of anilines is 1. The average molecular weight is 449 g/mol. The Balaban J connectivity index is 1.84. The second kappa shape index (κ2) is 8.27. The van der Waals surface area contributed by atoms with Crippen molar-refractivity contribution < 1.29 is 18.9 Å². The molecule has 2 N–H and O–H groups in total. The number of nitro benzene ring substituents is 1. The predicted molar refractivity (Wildman–Crippen MR) is 122 cm³/mol. The molecule has 1 amide bonds. The van der Waals surface area contributed by atoms with Gasteiger partial charge in [-0.1, -0.05) is 32.0 Å². The van der Waals surface area contributed by atoms with Crippen LogP contribution in [0.25, 0.3) is 0 Å². The second-order valence-electron chi connectivity index (χ2n) is 9.25. The highest BCUT2D eigenvalue weighted by molar-refractivity contribution is 6.10. The summed E-state index contributed by atoms with van der Waals surface area (Å²) in [6.45, 7) is 5.74. The topological polar surface area (TPSA) is 101 Å². The van der Waals surface area contributed by atoms with Gasteiger partial charge in [-0.05, 0) is 42.5 Å². The van der Waals surface area contributed by atoms with Crippen molar-refractivity contribution in [1.82, 2.24) is 5.32 Å². The van der Waals surface area contributed by atoms with Crippen LogP contribution < -0.4 is 10.6 Å². The highest BCUT2D eigenvalue weighted by atomic mass is 19.1. The number of hydrogen-bond donors (Lipinski definition) is 2. The van der Waals surface area contributed by atoms with Crippen molar-refractivity contribution in [3.8, 4) is 0 Å². The summed E-state index contributed by atoms with van der Waals surface area (Å²) in [7, 11) is 0. The molecule has 4 rings (SSSR count). The molecule has 170 valence electrons. The predicted octanol–water partition coefficient (Wildman–Crippen LogP) is 4.98. The van der Waals surface area contributed by atoms with Gasteiger partial charge in [0.15, 0.2) is 5.78 Å². The number of ketones is 1. The van der Waals surface area contributed by atoms with Crippen LogP contribution in [0.1, 0.15) is 45.1 Å². The molecule has 2 aromatic carbocycles. The molecule has 2 aliphatic rings. The van der Waals surface area contributed by atoms with E-state index < -0.39 is 22.6 Å². The third-order valence-electron chi connectivity index (χ3n) is 5.98. The van der Waals surface area contributed by atoms with E-state index >= 15 is 0 Å². The van der Waals surface area contributed by atoms with E-state index in [1.54, 1.807) is 25.1 Å². The number of halogens is 1. The number of nitro groups is 1. The molecule has 8 heteroatoms. The van der Waals surface area contributed by atoms with E-state index in [4.69, 9.17) is 0 Å². The molecule has 1 atom stereocenters. The SMILES string of the molecule is CC1=C(C(=O)Nc2cccc(F)c2)[C@@H](c2cccc([N+](=O)[O-])c2)C2=C(CC(C)(C)CC2=O)N1. The third kappa shape index (κ3) is 4.41. The number of rotatable bonds is 4. The van der Waals surface area contributed by atoms with Crippen LogP contribution in [0.3, 0.4) is 0 Å². The summed E-state index contributed by atoms with van der Waals surface area (Å²) in [6, 6.07) is 11.5. The van der Waals surface area contributed by atoms with E-state index in [1.807, 2.05) is 13.8 Å². The van der Waals surface area contributed by atoms with E-state index in [-0.39, 0.29) is 28.1 Å². The number of nitrogens with zero attached hydrogens (tertiary/aromatic N) is 1. The minimum atomic E-state index is -0.779. The molecule has 0 unspecified atom stereocenters. The number of hydrogen-bond acceptors (Lipinski definition) is 5. The average Bonchev–Trinajstić information content (AvgIpc) is 2.71. The van der Waals surface area contributed by atoms with Gasteiger partial charge in [0, 0.05) is 52.7 Å². The Bertz CT molecular complexity index is 1250. The molecule has 0 aromatic heterocycles. The van der Waals surface area contributed by atoms with Gasteiger partial charge in [-0.3, -0.25) is 19.7 Å². The van der Waals surface area contributed by atoms with Crippen molar-refractivity contribution >= 4 is 23.1 Å². The molecule has 1 heterocycles. The number of Topliss-reactive ketones (excluding diaryl/α,β-unsaturated/α-hetero) is 1. The maximum atomic E-state index is 13.7. The number of dihydropyridines is 1. The molecule has 0 saturated carbocycles. The van der Waals surface area contributed by atoms with Gasteiger partial charge in [-0.25, -0.2) is 4.39 Å². The van der Waals surface area contributed by atoms with Crippen molar-refractivity contribution in [2.45, 2.75) is 39.5 Å². The smallest absolute Gasteiger partial charge is 0.269 e. The lowest BCUT2D eigenvalue weighted by molar-refractivity contribution is -0.384. The fraction of sp³-hybridized carbons (Fsp3) is 0.280. The number of non-ortho nitro benzene ring substituents is 1. The first-order valence-corrected chi connectivity index (χ1v) is 10.6. The number of carbonyl (C=O) groups excluding carboxylic acids is 2. The molecular weight excluding hydrogens is 425 g/mol. The van der Waals surface area contributed by atoms with Crippen LogP contribution in [0.5, 0.6) is 0 Å². The van der Waals surface area contributed by atoms with Crippen LogP contribution in [0.15, 0.2) is 71.1 Å². The van der Waals surface area contributed by atoms with Crippen molar-refractivity contribution in [2.75, 3.05) is 5.32 Å². The molecule has 0 saturated heterocycles. The van der Waals surface area contributed by atoms with Gasteiger partial charge >= 0.3 is 0 Å². The maximum absolute atomic E-state index is 13.7. The third-order valence-corrected chi connectivity index (χ3v) is 5.98. The van der Waals surface area contributed by atoms with E-state index in [0.29, 0.717) is 29.7 Å². The highest BCUT2D eigenvalue weighted by Gasteiger charge is 2.43. The summed E-state index contributed by atoms with van der Waals surface area (Å²) in [5.74, 6) is -1.89. The van der Waals surface area contributed by atoms with Crippen molar-refractivity contribution in [2.24, 2.45) is 5.41 Å². The zero-order valence-electron chi connectivity index (χ0n) is 18.6. The van der Waals surface area contributed by atoms with Crippen LogP contribution in [-0.2, 0) is 9.59 Å². The van der Waals surface area contributed by atoms with Gasteiger partial charge in [-0.2, -0.15) is 0 Å². The largest absolute Gasteiger partial charge is 0.362 e. The lowest BCUT2D eigenvalue weighted by Crippen LogP contribution is -2.39. The Kier molecular flexibility index (Phi) is 5.61. The molecule has 1 aliphatic heterocycles. The van der Waals surface area contributed by atoms with E-state index in [1.165, 1.54) is 30.3 Å². The van der Waals surface area contributed by atoms with Crippen LogP contribution in [0.4, 0.5) is 15.8 Å². The summed E-state index contributed by atoms with van der Waals surface area (Å²) >= 11 is 0. The molecule has 0 radical (unpaired) electrons. The van der Waals surface area contributed by atoms with Crippen molar-refractivity contribution in [3.05, 3.63) is 92.6 Å². The van der Waals surface area contributed by atoms with Crippen molar-refractivity contribution in [3.63, 3.8) is 0 Å². The first-order valence-electron chi connectivity index (χ1n) is 10.6. The normalized spacial score (nSPS) is 19.6. The summed E-state index contributed by atoms with van der Waals surface area (Å²) in [6.07, 6.45) is 0.909. The Hall–Kier alpha value is -3.81. The summed E-state index contributed by atoms with van der Waals surface area (Å²) in [5.41, 5.74) is 2.37. The lowest BCUT2D eigenvalue weighted by atomic mass is 9.68. The summed E-state index contributed by atoms with van der Waals surface area (Å²) in [5, 5.41) is 17.3. The molecular formula is C25H24FN3O4. The number of nitrogens with one attached hydrogen (secondary N) is 2. The zero-order valence-corrected chi connectivity index (χ0v) is 18.6. The molecule has 0 bridgehead atoms. The number of carbonyl (C=O) groups is 2. The van der Waals surface area contributed by atoms with Gasteiger partial charge in [0.1, 0.15) is 5.82 Å². The summed E-state index contributed by atoms with van der Waals surface area (Å²) < 4.78 is 13.7. The molecule has 2 aromatic rings. The summed E-state index contributed by atoms with van der Waals surface area (Å²) in [4.78, 5) is 37.6. The van der Waals surface area contributed by atoms with Crippen LogP contribution >= 0.6 is 0 Å². The van der Waals surface area contributed by atoms with E-state index in [2.05, 4.69) is 10.6 Å². The quantitative estimate of drug-likeness (QED) is 0.507. The Morgan fingerprint density at radius 3 is 2.61 bits per heavy atom. The fourth-order valence-electron chi connectivity index (χ4n) is 4.65. The highest BCUT2D eigenvalue weighted by Crippen LogP contribution is 2.47.